The Kier molecular flexibility index (Phi) is 4.89. The van der Waals surface area contributed by atoms with E-state index in [-0.39, 0.29) is 36.7 Å². The zero-order chi connectivity index (χ0) is 18.8. The molecule has 1 N–H and O–H groups in total. The zero-order valence-electron chi connectivity index (χ0n) is 15.2. The number of hydrogen-bond donors (Lipinski definition) is 1. The zero-order valence-corrected chi connectivity index (χ0v) is 15.2. The van der Waals surface area contributed by atoms with Crippen molar-refractivity contribution in [2.24, 2.45) is 0 Å². The van der Waals surface area contributed by atoms with Gasteiger partial charge in [0.2, 0.25) is 5.91 Å². The molecule has 0 saturated heterocycles. The van der Waals surface area contributed by atoms with Crippen LogP contribution in [0, 0.1) is 13.8 Å². The van der Waals surface area contributed by atoms with Gasteiger partial charge in [-0.05, 0) is 38.5 Å². The van der Waals surface area contributed by atoms with Gasteiger partial charge in [-0.2, -0.15) is 0 Å². The second-order valence-electron chi connectivity index (χ2n) is 6.76. The first-order chi connectivity index (χ1) is 12.4. The smallest absolute Gasteiger partial charge is 0.261 e. The van der Waals surface area contributed by atoms with E-state index in [2.05, 4.69) is 5.32 Å². The minimum absolute atomic E-state index is 0.0812. The van der Waals surface area contributed by atoms with Gasteiger partial charge in [0, 0.05) is 13.0 Å². The monoisotopic (exact) mass is 350 g/mol. The summed E-state index contributed by atoms with van der Waals surface area (Å²) in [6.07, 6.45) is 0.0840. The lowest BCUT2D eigenvalue weighted by Gasteiger charge is -2.17. The topological polar surface area (TPSA) is 66.5 Å². The number of nitrogens with one attached hydrogen (secondary N) is 1. The van der Waals surface area contributed by atoms with Gasteiger partial charge in [0.05, 0.1) is 17.2 Å². The Labute approximate surface area is 153 Å². The average molecular weight is 350 g/mol. The summed E-state index contributed by atoms with van der Waals surface area (Å²) in [7, 11) is 0. The summed E-state index contributed by atoms with van der Waals surface area (Å²) in [5.74, 6) is -0.844. The van der Waals surface area contributed by atoms with E-state index in [4.69, 9.17) is 0 Å². The number of benzene rings is 2. The standard InChI is InChI=1S/C21H22N2O3/c1-13-4-7-16(8-5-13)15(3)22-19(24)10-11-23-20(25)17-9-6-14(2)12-18(17)21(23)26/h4-9,12,15H,10-11H2,1-3H3,(H,22,24). The third kappa shape index (κ3) is 3.52. The third-order valence-corrected chi connectivity index (χ3v) is 4.64. The summed E-state index contributed by atoms with van der Waals surface area (Å²) >= 11 is 0. The lowest BCUT2D eigenvalue weighted by atomic mass is 10.1. The number of rotatable bonds is 5. The SMILES string of the molecule is Cc1ccc(C(C)NC(=O)CCN2C(=O)c3ccc(C)cc3C2=O)cc1. The second kappa shape index (κ2) is 7.12. The minimum Gasteiger partial charge on any atom is -0.350 e. The Hall–Kier alpha value is -2.95. The van der Waals surface area contributed by atoms with Gasteiger partial charge in [0.15, 0.2) is 0 Å². The fourth-order valence-corrected chi connectivity index (χ4v) is 3.07. The first-order valence-corrected chi connectivity index (χ1v) is 8.69. The van der Waals surface area contributed by atoms with E-state index >= 15 is 0 Å². The molecule has 2 aromatic carbocycles. The van der Waals surface area contributed by atoms with E-state index in [1.807, 2.05) is 51.1 Å². The Morgan fingerprint density at radius 1 is 0.962 bits per heavy atom. The van der Waals surface area contributed by atoms with Gasteiger partial charge in [0.1, 0.15) is 0 Å². The summed E-state index contributed by atoms with van der Waals surface area (Å²) in [5.41, 5.74) is 3.93. The van der Waals surface area contributed by atoms with Gasteiger partial charge in [-0.1, -0.05) is 41.5 Å². The molecule has 0 spiro atoms. The van der Waals surface area contributed by atoms with Crippen molar-refractivity contribution in [3.05, 3.63) is 70.3 Å². The number of carbonyl (C=O) groups excluding carboxylic acids is 3. The Morgan fingerprint density at radius 2 is 1.58 bits per heavy atom. The van der Waals surface area contributed by atoms with Crippen molar-refractivity contribution in [3.8, 4) is 0 Å². The van der Waals surface area contributed by atoms with Crippen LogP contribution in [-0.4, -0.2) is 29.2 Å². The molecule has 0 bridgehead atoms. The Balaban J connectivity index is 1.59. The molecule has 134 valence electrons. The Morgan fingerprint density at radius 3 is 2.27 bits per heavy atom. The number of nitrogens with zero attached hydrogens (tertiary/aromatic N) is 1. The summed E-state index contributed by atoms with van der Waals surface area (Å²) in [5, 5.41) is 2.91. The predicted molar refractivity (Wildman–Crippen MR) is 98.9 cm³/mol. The lowest BCUT2D eigenvalue weighted by Crippen LogP contribution is -2.35. The number of imide groups is 1. The van der Waals surface area contributed by atoms with Gasteiger partial charge in [-0.3, -0.25) is 19.3 Å². The molecule has 3 rings (SSSR count). The maximum Gasteiger partial charge on any atom is 0.261 e. The fraction of sp³-hybridized carbons (Fsp3) is 0.286. The molecule has 1 aliphatic heterocycles. The molecule has 1 heterocycles. The van der Waals surface area contributed by atoms with Crippen LogP contribution < -0.4 is 5.32 Å². The van der Waals surface area contributed by atoms with Crippen LogP contribution in [0.1, 0.15) is 56.8 Å². The second-order valence-corrected chi connectivity index (χ2v) is 6.76. The van der Waals surface area contributed by atoms with Crippen molar-refractivity contribution in [2.45, 2.75) is 33.2 Å². The number of carbonyl (C=O) groups is 3. The van der Waals surface area contributed by atoms with Gasteiger partial charge < -0.3 is 5.32 Å². The van der Waals surface area contributed by atoms with Crippen molar-refractivity contribution < 1.29 is 14.4 Å². The first-order valence-electron chi connectivity index (χ1n) is 8.69. The van der Waals surface area contributed by atoms with Crippen molar-refractivity contribution in [3.63, 3.8) is 0 Å². The van der Waals surface area contributed by atoms with E-state index in [0.29, 0.717) is 11.1 Å². The molecule has 1 unspecified atom stereocenters. The van der Waals surface area contributed by atoms with Gasteiger partial charge >= 0.3 is 0 Å². The van der Waals surface area contributed by atoms with E-state index in [9.17, 15) is 14.4 Å². The highest BCUT2D eigenvalue weighted by molar-refractivity contribution is 6.21. The molecule has 0 fully saturated rings. The van der Waals surface area contributed by atoms with Crippen LogP contribution >= 0.6 is 0 Å². The van der Waals surface area contributed by atoms with Gasteiger partial charge in [-0.25, -0.2) is 0 Å². The molecule has 1 aliphatic rings. The molecule has 0 aliphatic carbocycles. The predicted octanol–water partition coefficient (Wildman–Crippen LogP) is 3.17. The molecule has 26 heavy (non-hydrogen) atoms. The van der Waals surface area contributed by atoms with Crippen molar-refractivity contribution in [1.29, 1.82) is 0 Å². The molecular weight excluding hydrogens is 328 g/mol. The molecule has 0 aromatic heterocycles. The van der Waals surface area contributed by atoms with Crippen LogP contribution in [0.5, 0.6) is 0 Å². The normalized spacial score (nSPS) is 14.3. The van der Waals surface area contributed by atoms with Crippen LogP contribution in [-0.2, 0) is 4.79 Å². The van der Waals surface area contributed by atoms with E-state index < -0.39 is 0 Å². The molecular formula is C21H22N2O3. The quantitative estimate of drug-likeness (QED) is 0.842. The van der Waals surface area contributed by atoms with Crippen LogP contribution in [0.2, 0.25) is 0 Å². The number of hydrogen-bond acceptors (Lipinski definition) is 3. The molecule has 1 atom stereocenters. The lowest BCUT2D eigenvalue weighted by molar-refractivity contribution is -0.121. The fourth-order valence-electron chi connectivity index (χ4n) is 3.07. The summed E-state index contributed by atoms with van der Waals surface area (Å²) in [6, 6.07) is 13.0. The molecule has 0 radical (unpaired) electrons. The average Bonchev–Trinajstić information content (AvgIpc) is 2.84. The summed E-state index contributed by atoms with van der Waals surface area (Å²) in [4.78, 5) is 38.2. The summed E-state index contributed by atoms with van der Waals surface area (Å²) < 4.78 is 0. The maximum atomic E-state index is 12.4. The van der Waals surface area contributed by atoms with Crippen LogP contribution in [0.3, 0.4) is 0 Å². The highest BCUT2D eigenvalue weighted by Crippen LogP contribution is 2.24. The maximum absolute atomic E-state index is 12.4. The van der Waals surface area contributed by atoms with Crippen LogP contribution in [0.25, 0.3) is 0 Å². The van der Waals surface area contributed by atoms with Crippen LogP contribution in [0.4, 0.5) is 0 Å². The molecule has 0 saturated carbocycles. The van der Waals surface area contributed by atoms with Gasteiger partial charge in [0.25, 0.3) is 11.8 Å². The highest BCUT2D eigenvalue weighted by Gasteiger charge is 2.35. The van der Waals surface area contributed by atoms with E-state index in [0.717, 1.165) is 21.6 Å². The van der Waals surface area contributed by atoms with Crippen molar-refractivity contribution in [2.75, 3.05) is 6.54 Å². The minimum atomic E-state index is -0.329. The number of aryl methyl sites for hydroxylation is 2. The highest BCUT2D eigenvalue weighted by atomic mass is 16.2. The number of amides is 3. The molecule has 3 amide bonds. The third-order valence-electron chi connectivity index (χ3n) is 4.64. The van der Waals surface area contributed by atoms with Crippen molar-refractivity contribution >= 4 is 17.7 Å². The largest absolute Gasteiger partial charge is 0.350 e. The van der Waals surface area contributed by atoms with Gasteiger partial charge in [-0.15, -0.1) is 0 Å². The Bertz CT molecular complexity index is 871. The van der Waals surface area contributed by atoms with Crippen molar-refractivity contribution in [1.82, 2.24) is 10.2 Å². The molecule has 5 heteroatoms. The summed E-state index contributed by atoms with van der Waals surface area (Å²) in [6.45, 7) is 5.88. The van der Waals surface area contributed by atoms with E-state index in [1.165, 1.54) is 0 Å². The molecule has 2 aromatic rings. The first kappa shape index (κ1) is 17.9. The van der Waals surface area contributed by atoms with E-state index in [1.54, 1.807) is 12.1 Å². The molecule has 5 nitrogen and oxygen atoms in total. The number of fused-ring (bicyclic) bond motifs is 1. The van der Waals surface area contributed by atoms with Crippen LogP contribution in [0.15, 0.2) is 42.5 Å².